The van der Waals surface area contributed by atoms with Crippen LogP contribution in [0.1, 0.15) is 16.7 Å². The number of nitrogens with zero attached hydrogens (tertiary/aromatic N) is 1. The van der Waals surface area contributed by atoms with Crippen molar-refractivity contribution in [3.63, 3.8) is 0 Å². The molecular weight excluding hydrogens is 375 g/mol. The largest absolute Gasteiger partial charge is 0.483 e. The fraction of sp³-hybridized carbons (Fsp3) is 0.136. The van der Waals surface area contributed by atoms with Crippen LogP contribution in [0.25, 0.3) is 0 Å². The van der Waals surface area contributed by atoms with Crippen LogP contribution < -0.4 is 10.1 Å². The van der Waals surface area contributed by atoms with Gasteiger partial charge in [-0.2, -0.15) is 0 Å². The number of hydrogen-bond acceptors (Lipinski definition) is 4. The second-order valence-electron chi connectivity index (χ2n) is 6.40. The molecule has 0 fully saturated rings. The summed E-state index contributed by atoms with van der Waals surface area (Å²) in [5.41, 5.74) is 2.32. The fourth-order valence-electron chi connectivity index (χ4n) is 2.77. The van der Waals surface area contributed by atoms with Gasteiger partial charge in [0.1, 0.15) is 11.6 Å². The van der Waals surface area contributed by atoms with Gasteiger partial charge >= 0.3 is 0 Å². The molecule has 3 rings (SSSR count). The molecule has 1 amide bonds. The van der Waals surface area contributed by atoms with Crippen molar-refractivity contribution in [1.29, 1.82) is 0 Å². The van der Waals surface area contributed by atoms with Gasteiger partial charge in [-0.25, -0.2) is 4.39 Å². The predicted octanol–water partition coefficient (Wildman–Crippen LogP) is 4.02. The van der Waals surface area contributed by atoms with Gasteiger partial charge in [0, 0.05) is 30.7 Å². The molecule has 29 heavy (non-hydrogen) atoms. The number of rotatable bonds is 8. The molecule has 0 radical (unpaired) electrons. The second kappa shape index (κ2) is 9.45. The zero-order valence-electron chi connectivity index (χ0n) is 15.5. The third-order valence-electron chi connectivity index (χ3n) is 4.25. The normalized spacial score (nSPS) is 10.4. The highest BCUT2D eigenvalue weighted by atomic mass is 19.1. The van der Waals surface area contributed by atoms with Crippen LogP contribution in [-0.4, -0.2) is 17.4 Å². The maximum Gasteiger partial charge on any atom is 0.269 e. The maximum absolute atomic E-state index is 12.9. The minimum atomic E-state index is -0.465. The van der Waals surface area contributed by atoms with Gasteiger partial charge < -0.3 is 10.1 Å². The summed E-state index contributed by atoms with van der Waals surface area (Å²) in [6, 6.07) is 19.6. The second-order valence-corrected chi connectivity index (χ2v) is 6.40. The Bertz CT molecular complexity index is 991. The third-order valence-corrected chi connectivity index (χ3v) is 4.25. The Morgan fingerprint density at radius 2 is 1.72 bits per heavy atom. The Hall–Kier alpha value is -3.74. The number of non-ortho nitro benzene ring substituents is 1. The van der Waals surface area contributed by atoms with Gasteiger partial charge in [0.15, 0.2) is 6.61 Å². The molecule has 148 valence electrons. The first-order valence-electron chi connectivity index (χ1n) is 8.96. The van der Waals surface area contributed by atoms with E-state index in [1.54, 1.807) is 12.1 Å². The molecule has 0 heterocycles. The molecule has 0 spiro atoms. The molecule has 0 aliphatic heterocycles. The van der Waals surface area contributed by atoms with Crippen LogP contribution in [-0.2, 0) is 17.8 Å². The van der Waals surface area contributed by atoms with E-state index in [9.17, 15) is 19.3 Å². The SMILES string of the molecule is O=C(COc1ccc([N+](=O)[O-])cc1Cc1ccccc1)NCc1ccc(F)cc1. The standard InChI is InChI=1S/C22H19FN2O4/c23-19-8-6-17(7-9-19)14-24-22(26)15-29-21-11-10-20(25(27)28)13-18(21)12-16-4-2-1-3-5-16/h1-11,13H,12,14-15H2,(H,24,26). The third kappa shape index (κ3) is 5.87. The number of halogens is 1. The van der Waals surface area contributed by atoms with Crippen molar-refractivity contribution < 1.29 is 18.8 Å². The van der Waals surface area contributed by atoms with Crippen molar-refractivity contribution in [1.82, 2.24) is 5.32 Å². The van der Waals surface area contributed by atoms with E-state index in [0.717, 1.165) is 11.1 Å². The van der Waals surface area contributed by atoms with Crippen molar-refractivity contribution in [2.24, 2.45) is 0 Å². The number of ether oxygens (including phenoxy) is 1. The zero-order chi connectivity index (χ0) is 20.6. The monoisotopic (exact) mass is 394 g/mol. The van der Waals surface area contributed by atoms with Crippen molar-refractivity contribution >= 4 is 11.6 Å². The Morgan fingerprint density at radius 1 is 1.00 bits per heavy atom. The van der Waals surface area contributed by atoms with Gasteiger partial charge in [0.2, 0.25) is 0 Å². The average molecular weight is 394 g/mol. The number of carbonyl (C=O) groups is 1. The Kier molecular flexibility index (Phi) is 6.52. The number of hydrogen-bond donors (Lipinski definition) is 1. The molecule has 6 nitrogen and oxygen atoms in total. The van der Waals surface area contributed by atoms with Gasteiger partial charge in [0.05, 0.1) is 4.92 Å². The summed E-state index contributed by atoms with van der Waals surface area (Å²) in [7, 11) is 0. The van der Waals surface area contributed by atoms with E-state index in [1.807, 2.05) is 30.3 Å². The van der Waals surface area contributed by atoms with Gasteiger partial charge in [-0.05, 0) is 29.3 Å². The summed E-state index contributed by atoms with van der Waals surface area (Å²) < 4.78 is 18.5. The number of nitro benzene ring substituents is 1. The summed E-state index contributed by atoms with van der Waals surface area (Å²) in [4.78, 5) is 22.7. The minimum absolute atomic E-state index is 0.0379. The van der Waals surface area contributed by atoms with Crippen LogP contribution in [0.4, 0.5) is 10.1 Å². The summed E-state index contributed by atoms with van der Waals surface area (Å²) in [5, 5.41) is 13.8. The summed E-state index contributed by atoms with van der Waals surface area (Å²) in [6.07, 6.45) is 0.440. The molecule has 0 aromatic heterocycles. The molecular formula is C22H19FN2O4. The first kappa shape index (κ1) is 20.0. The van der Waals surface area contributed by atoms with Crippen molar-refractivity contribution in [2.45, 2.75) is 13.0 Å². The molecule has 0 saturated carbocycles. The number of nitrogens with one attached hydrogen (secondary N) is 1. The van der Waals surface area contributed by atoms with E-state index >= 15 is 0 Å². The van der Waals surface area contributed by atoms with Crippen LogP contribution in [0, 0.1) is 15.9 Å². The first-order valence-corrected chi connectivity index (χ1v) is 8.96. The molecule has 0 bridgehead atoms. The number of amides is 1. The lowest BCUT2D eigenvalue weighted by molar-refractivity contribution is -0.384. The van der Waals surface area contributed by atoms with Crippen molar-refractivity contribution in [3.8, 4) is 5.75 Å². The molecule has 3 aromatic rings. The molecule has 0 saturated heterocycles. The molecule has 0 unspecified atom stereocenters. The minimum Gasteiger partial charge on any atom is -0.483 e. The molecule has 7 heteroatoms. The van der Waals surface area contributed by atoms with Gasteiger partial charge in [-0.1, -0.05) is 42.5 Å². The van der Waals surface area contributed by atoms with E-state index in [0.29, 0.717) is 17.7 Å². The molecule has 3 aromatic carbocycles. The highest BCUT2D eigenvalue weighted by Gasteiger charge is 2.13. The van der Waals surface area contributed by atoms with Crippen LogP contribution in [0.15, 0.2) is 72.8 Å². The van der Waals surface area contributed by atoms with E-state index < -0.39 is 4.92 Å². The Morgan fingerprint density at radius 3 is 2.41 bits per heavy atom. The van der Waals surface area contributed by atoms with Crippen molar-refractivity contribution in [2.75, 3.05) is 6.61 Å². The van der Waals surface area contributed by atoms with E-state index in [-0.39, 0.29) is 30.6 Å². The van der Waals surface area contributed by atoms with Gasteiger partial charge in [0.25, 0.3) is 11.6 Å². The number of benzene rings is 3. The van der Waals surface area contributed by atoms with Crippen LogP contribution >= 0.6 is 0 Å². The van der Waals surface area contributed by atoms with Crippen molar-refractivity contribution in [3.05, 3.63) is 105 Å². The average Bonchev–Trinajstić information content (AvgIpc) is 2.73. The van der Waals surface area contributed by atoms with Crippen LogP contribution in [0.3, 0.4) is 0 Å². The quantitative estimate of drug-likeness (QED) is 0.462. The zero-order valence-corrected chi connectivity index (χ0v) is 15.5. The Balaban J connectivity index is 1.65. The molecule has 0 aliphatic rings. The van der Waals surface area contributed by atoms with E-state index in [2.05, 4.69) is 5.32 Å². The molecule has 0 aliphatic carbocycles. The first-order chi connectivity index (χ1) is 14.0. The predicted molar refractivity (Wildman–Crippen MR) is 106 cm³/mol. The maximum atomic E-state index is 12.9. The lowest BCUT2D eigenvalue weighted by Crippen LogP contribution is -2.28. The number of carbonyl (C=O) groups excluding carboxylic acids is 1. The van der Waals surface area contributed by atoms with Crippen LogP contribution in [0.5, 0.6) is 5.75 Å². The lowest BCUT2D eigenvalue weighted by atomic mass is 10.0. The highest BCUT2D eigenvalue weighted by molar-refractivity contribution is 5.77. The number of nitro groups is 1. The van der Waals surface area contributed by atoms with Crippen LogP contribution in [0.2, 0.25) is 0 Å². The molecule has 1 N–H and O–H groups in total. The van der Waals surface area contributed by atoms with E-state index in [4.69, 9.17) is 4.74 Å². The fourth-order valence-corrected chi connectivity index (χ4v) is 2.77. The summed E-state index contributed by atoms with van der Waals surface area (Å²) >= 11 is 0. The molecule has 0 atom stereocenters. The summed E-state index contributed by atoms with van der Waals surface area (Å²) in [5.74, 6) is -0.276. The van der Waals surface area contributed by atoms with Gasteiger partial charge in [-0.15, -0.1) is 0 Å². The van der Waals surface area contributed by atoms with Gasteiger partial charge in [-0.3, -0.25) is 14.9 Å². The smallest absolute Gasteiger partial charge is 0.269 e. The van der Waals surface area contributed by atoms with E-state index in [1.165, 1.54) is 30.3 Å². The summed E-state index contributed by atoms with van der Waals surface area (Å²) in [6.45, 7) is 0.0143. The topological polar surface area (TPSA) is 81.5 Å². The highest BCUT2D eigenvalue weighted by Crippen LogP contribution is 2.26. The Labute approximate surface area is 167 Å². The lowest BCUT2D eigenvalue weighted by Gasteiger charge is -2.12.